The van der Waals surface area contributed by atoms with Gasteiger partial charge in [-0.3, -0.25) is 0 Å². The molecule has 0 saturated carbocycles. The molecule has 2 heterocycles. The Hall–Kier alpha value is -2.84. The van der Waals surface area contributed by atoms with Crippen LogP contribution in [-0.4, -0.2) is 36.0 Å². The first-order chi connectivity index (χ1) is 14.4. The average Bonchev–Trinajstić information content (AvgIpc) is 3.24. The number of sulfonamides is 1. The van der Waals surface area contributed by atoms with Crippen LogP contribution < -0.4 is 0 Å². The van der Waals surface area contributed by atoms with Crippen LogP contribution in [0.25, 0.3) is 17.5 Å². The van der Waals surface area contributed by atoms with E-state index in [1.807, 2.05) is 31.2 Å². The third-order valence-electron chi connectivity index (χ3n) is 5.20. The summed E-state index contributed by atoms with van der Waals surface area (Å²) in [6.45, 7) is 2.76. The number of aromatic nitrogens is 2. The molecule has 0 amide bonds. The Kier molecular flexibility index (Phi) is 5.78. The van der Waals surface area contributed by atoms with Gasteiger partial charge in [0.2, 0.25) is 21.8 Å². The summed E-state index contributed by atoms with van der Waals surface area (Å²) in [7, 11) is -3.49. The lowest BCUT2D eigenvalue weighted by Gasteiger charge is -2.28. The molecule has 30 heavy (non-hydrogen) atoms. The highest BCUT2D eigenvalue weighted by atomic mass is 32.2. The molecular formula is C22H22FN3O3S. The fraction of sp³-hybridized carbons (Fsp3) is 0.273. The standard InChI is InChI=1S/C22H22FN3O3S/c1-16-2-4-17(5-3-16)12-15-30(27,28)26-13-10-19(11-14-26)22-25-24-21(29-22)18-6-8-20(23)9-7-18/h2-9,12,15,19H,10-11,13-14H2,1H3/b15-12+. The van der Waals surface area contributed by atoms with Crippen LogP contribution in [0.1, 0.15) is 35.8 Å². The van der Waals surface area contributed by atoms with Gasteiger partial charge in [0.15, 0.2) is 0 Å². The Bertz CT molecular complexity index is 1130. The van der Waals surface area contributed by atoms with Gasteiger partial charge in [0, 0.05) is 30.0 Å². The fourth-order valence-corrected chi connectivity index (χ4v) is 4.62. The van der Waals surface area contributed by atoms with Gasteiger partial charge in [0.1, 0.15) is 5.82 Å². The molecule has 0 atom stereocenters. The van der Waals surface area contributed by atoms with Crippen molar-refractivity contribution in [2.45, 2.75) is 25.7 Å². The van der Waals surface area contributed by atoms with E-state index in [1.165, 1.54) is 21.8 Å². The largest absolute Gasteiger partial charge is 0.420 e. The maximum Gasteiger partial charge on any atom is 0.247 e. The van der Waals surface area contributed by atoms with Crippen molar-refractivity contribution in [3.8, 4) is 11.5 Å². The van der Waals surface area contributed by atoms with E-state index in [9.17, 15) is 12.8 Å². The zero-order valence-corrected chi connectivity index (χ0v) is 17.3. The first kappa shape index (κ1) is 20.4. The van der Waals surface area contributed by atoms with Gasteiger partial charge in [0.05, 0.1) is 0 Å². The zero-order valence-electron chi connectivity index (χ0n) is 16.5. The molecule has 0 spiro atoms. The predicted octanol–water partition coefficient (Wildman–Crippen LogP) is 4.36. The van der Waals surface area contributed by atoms with E-state index in [0.717, 1.165) is 11.1 Å². The van der Waals surface area contributed by atoms with Crippen LogP contribution >= 0.6 is 0 Å². The first-order valence-electron chi connectivity index (χ1n) is 9.75. The van der Waals surface area contributed by atoms with E-state index >= 15 is 0 Å². The highest BCUT2D eigenvalue weighted by Crippen LogP contribution is 2.30. The number of hydrogen-bond acceptors (Lipinski definition) is 5. The zero-order chi connectivity index (χ0) is 21.1. The molecule has 156 valence electrons. The highest BCUT2D eigenvalue weighted by molar-refractivity contribution is 7.92. The van der Waals surface area contributed by atoms with Gasteiger partial charge in [-0.15, -0.1) is 10.2 Å². The molecule has 2 aromatic carbocycles. The number of piperidine rings is 1. The molecule has 0 bridgehead atoms. The predicted molar refractivity (Wildman–Crippen MR) is 112 cm³/mol. The third kappa shape index (κ3) is 4.66. The van der Waals surface area contributed by atoms with Crippen LogP contribution in [-0.2, 0) is 10.0 Å². The molecule has 1 aromatic heterocycles. The molecule has 3 aromatic rings. The maximum atomic E-state index is 13.1. The summed E-state index contributed by atoms with van der Waals surface area (Å²) >= 11 is 0. The fourth-order valence-electron chi connectivity index (χ4n) is 3.39. The molecule has 0 aliphatic carbocycles. The molecule has 8 heteroatoms. The quantitative estimate of drug-likeness (QED) is 0.605. The molecule has 0 unspecified atom stereocenters. The van der Waals surface area contributed by atoms with Gasteiger partial charge in [-0.2, -0.15) is 4.31 Å². The van der Waals surface area contributed by atoms with Crippen LogP contribution in [0, 0.1) is 12.7 Å². The minimum absolute atomic E-state index is 0.000716. The van der Waals surface area contributed by atoms with E-state index in [1.54, 1.807) is 18.2 Å². The van der Waals surface area contributed by atoms with Crippen LogP contribution in [0.2, 0.25) is 0 Å². The van der Waals surface area contributed by atoms with E-state index in [-0.39, 0.29) is 11.7 Å². The normalized spacial score (nSPS) is 16.3. The van der Waals surface area contributed by atoms with Crippen molar-refractivity contribution in [2.75, 3.05) is 13.1 Å². The molecule has 1 aliphatic rings. The number of nitrogens with zero attached hydrogens (tertiary/aromatic N) is 3. The Morgan fingerprint density at radius 1 is 1.03 bits per heavy atom. The van der Waals surface area contributed by atoms with E-state index in [0.29, 0.717) is 43.3 Å². The summed E-state index contributed by atoms with van der Waals surface area (Å²) in [4.78, 5) is 0. The number of aryl methyl sites for hydroxylation is 1. The summed E-state index contributed by atoms with van der Waals surface area (Å²) in [6, 6.07) is 13.5. The van der Waals surface area contributed by atoms with Crippen molar-refractivity contribution in [3.05, 3.63) is 76.8 Å². The lowest BCUT2D eigenvalue weighted by molar-refractivity contribution is 0.293. The van der Waals surface area contributed by atoms with Crippen molar-refractivity contribution in [1.82, 2.24) is 14.5 Å². The van der Waals surface area contributed by atoms with Gasteiger partial charge in [-0.05, 0) is 55.7 Å². The molecule has 4 rings (SSSR count). The minimum Gasteiger partial charge on any atom is -0.420 e. The summed E-state index contributed by atoms with van der Waals surface area (Å²) in [5.74, 6) is 0.491. The second-order valence-corrected chi connectivity index (χ2v) is 9.20. The topological polar surface area (TPSA) is 76.3 Å². The van der Waals surface area contributed by atoms with Crippen molar-refractivity contribution in [2.24, 2.45) is 0 Å². The Labute approximate surface area is 175 Å². The van der Waals surface area contributed by atoms with E-state index < -0.39 is 10.0 Å². The SMILES string of the molecule is Cc1ccc(/C=C/S(=O)(=O)N2CCC(c3nnc(-c4ccc(F)cc4)o3)CC2)cc1. The van der Waals surface area contributed by atoms with Gasteiger partial charge in [-0.1, -0.05) is 29.8 Å². The van der Waals surface area contributed by atoms with Gasteiger partial charge >= 0.3 is 0 Å². The second kappa shape index (κ2) is 8.49. The molecule has 0 N–H and O–H groups in total. The second-order valence-electron chi connectivity index (χ2n) is 7.38. The Morgan fingerprint density at radius 2 is 1.70 bits per heavy atom. The van der Waals surface area contributed by atoms with Crippen molar-refractivity contribution in [3.63, 3.8) is 0 Å². The molecule has 0 radical (unpaired) electrons. The summed E-state index contributed by atoms with van der Waals surface area (Å²) in [5, 5.41) is 9.42. The van der Waals surface area contributed by atoms with E-state index in [2.05, 4.69) is 10.2 Å². The van der Waals surface area contributed by atoms with Crippen molar-refractivity contribution < 1.29 is 17.2 Å². The minimum atomic E-state index is -3.49. The summed E-state index contributed by atoms with van der Waals surface area (Å²) in [6.07, 6.45) is 2.82. The molecular weight excluding hydrogens is 405 g/mol. The number of hydrogen-bond donors (Lipinski definition) is 0. The van der Waals surface area contributed by atoms with Crippen LogP contribution in [0.15, 0.2) is 58.4 Å². The lowest BCUT2D eigenvalue weighted by atomic mass is 9.98. The van der Waals surface area contributed by atoms with Crippen LogP contribution in [0.4, 0.5) is 4.39 Å². The summed E-state index contributed by atoms with van der Waals surface area (Å²) in [5.41, 5.74) is 2.62. The molecule has 6 nitrogen and oxygen atoms in total. The first-order valence-corrected chi connectivity index (χ1v) is 11.3. The monoisotopic (exact) mass is 427 g/mol. The van der Waals surface area contributed by atoms with E-state index in [4.69, 9.17) is 4.42 Å². The van der Waals surface area contributed by atoms with Gasteiger partial charge in [-0.25, -0.2) is 12.8 Å². The van der Waals surface area contributed by atoms with Gasteiger partial charge < -0.3 is 4.42 Å². The van der Waals surface area contributed by atoms with Crippen molar-refractivity contribution >= 4 is 16.1 Å². The van der Waals surface area contributed by atoms with Gasteiger partial charge in [0.25, 0.3) is 0 Å². The smallest absolute Gasteiger partial charge is 0.247 e. The summed E-state index contributed by atoms with van der Waals surface area (Å²) < 4.78 is 45.6. The number of benzene rings is 2. The Balaban J connectivity index is 1.38. The van der Waals surface area contributed by atoms with Crippen LogP contribution in [0.3, 0.4) is 0 Å². The molecule has 1 saturated heterocycles. The maximum absolute atomic E-state index is 13.1. The average molecular weight is 428 g/mol. The number of halogens is 1. The van der Waals surface area contributed by atoms with Crippen molar-refractivity contribution in [1.29, 1.82) is 0 Å². The third-order valence-corrected chi connectivity index (χ3v) is 6.77. The highest BCUT2D eigenvalue weighted by Gasteiger charge is 2.30. The molecule has 1 aliphatic heterocycles. The number of rotatable bonds is 5. The van der Waals surface area contributed by atoms with Crippen LogP contribution in [0.5, 0.6) is 0 Å². The Morgan fingerprint density at radius 3 is 2.37 bits per heavy atom. The molecule has 1 fully saturated rings. The lowest BCUT2D eigenvalue weighted by Crippen LogP contribution is -2.36.